The molecule has 3 rings (SSSR count). The van der Waals surface area contributed by atoms with Crippen LogP contribution in [0.15, 0.2) is 42.6 Å². The van der Waals surface area contributed by atoms with Gasteiger partial charge in [0.2, 0.25) is 0 Å². The Morgan fingerprint density at radius 1 is 1.14 bits per heavy atom. The highest BCUT2D eigenvalue weighted by atomic mass is 19.4. The van der Waals surface area contributed by atoms with Gasteiger partial charge in [0, 0.05) is 11.8 Å². The number of carbonyl (C=O) groups is 2. The van der Waals surface area contributed by atoms with E-state index < -0.39 is 29.2 Å². The second-order valence-electron chi connectivity index (χ2n) is 5.75. The van der Waals surface area contributed by atoms with E-state index in [1.54, 1.807) is 6.92 Å². The minimum absolute atomic E-state index is 0.0400. The molecule has 0 bridgehead atoms. The standard InChI is InChI=1S/C18H12F4N4O2/c1-10-14(8-26(25-10)13-5-3-12(19)4-6-13)17(28)24-15-7-2-11(9-27)16(23-15)18(20,21)22/h2-9H,1H3,(H,23,24,28). The van der Waals surface area contributed by atoms with Gasteiger partial charge in [-0.05, 0) is 43.3 Å². The topological polar surface area (TPSA) is 76.9 Å². The number of pyridine rings is 1. The Labute approximate surface area is 155 Å². The fraction of sp³-hybridized carbons (Fsp3) is 0.111. The van der Waals surface area contributed by atoms with E-state index in [4.69, 9.17) is 0 Å². The molecule has 0 aliphatic carbocycles. The van der Waals surface area contributed by atoms with Gasteiger partial charge in [-0.3, -0.25) is 9.59 Å². The van der Waals surface area contributed by atoms with Crippen molar-refractivity contribution in [3.05, 3.63) is 70.9 Å². The number of halogens is 4. The predicted octanol–water partition coefficient (Wildman–Crippen LogP) is 3.80. The van der Waals surface area contributed by atoms with Gasteiger partial charge in [0.25, 0.3) is 5.91 Å². The number of aldehydes is 1. The van der Waals surface area contributed by atoms with Crippen LogP contribution in [0.1, 0.15) is 32.1 Å². The van der Waals surface area contributed by atoms with Gasteiger partial charge in [-0.25, -0.2) is 14.1 Å². The van der Waals surface area contributed by atoms with Gasteiger partial charge in [0.15, 0.2) is 12.0 Å². The number of amides is 1. The molecular formula is C18H12F4N4O2. The average Bonchev–Trinajstić information content (AvgIpc) is 3.03. The Balaban J connectivity index is 1.88. The molecule has 0 saturated heterocycles. The Morgan fingerprint density at radius 3 is 2.43 bits per heavy atom. The van der Waals surface area contributed by atoms with Crippen molar-refractivity contribution in [2.45, 2.75) is 13.1 Å². The zero-order valence-corrected chi connectivity index (χ0v) is 14.3. The first-order valence-electron chi connectivity index (χ1n) is 7.86. The number of carbonyl (C=O) groups excluding carboxylic acids is 2. The van der Waals surface area contributed by atoms with Crippen molar-refractivity contribution in [2.75, 3.05) is 5.32 Å². The highest BCUT2D eigenvalue weighted by molar-refractivity contribution is 6.04. The lowest BCUT2D eigenvalue weighted by Gasteiger charge is -2.10. The fourth-order valence-electron chi connectivity index (χ4n) is 2.45. The van der Waals surface area contributed by atoms with E-state index in [0.717, 1.165) is 12.1 Å². The summed E-state index contributed by atoms with van der Waals surface area (Å²) < 4.78 is 53.3. The zero-order chi connectivity index (χ0) is 20.5. The summed E-state index contributed by atoms with van der Waals surface area (Å²) in [4.78, 5) is 26.5. The molecule has 1 N–H and O–H groups in total. The molecule has 6 nitrogen and oxygen atoms in total. The summed E-state index contributed by atoms with van der Waals surface area (Å²) in [6.45, 7) is 1.54. The van der Waals surface area contributed by atoms with Crippen LogP contribution in [0.3, 0.4) is 0 Å². The van der Waals surface area contributed by atoms with E-state index in [1.165, 1.54) is 35.1 Å². The number of aryl methyl sites for hydroxylation is 1. The lowest BCUT2D eigenvalue weighted by atomic mass is 10.2. The largest absolute Gasteiger partial charge is 0.434 e. The minimum Gasteiger partial charge on any atom is -0.306 e. The molecule has 0 spiro atoms. The lowest BCUT2D eigenvalue weighted by molar-refractivity contribution is -0.141. The highest BCUT2D eigenvalue weighted by Crippen LogP contribution is 2.30. The van der Waals surface area contributed by atoms with Crippen LogP contribution < -0.4 is 5.32 Å². The van der Waals surface area contributed by atoms with Crippen molar-refractivity contribution in [1.82, 2.24) is 14.8 Å². The van der Waals surface area contributed by atoms with Crippen LogP contribution in [0.5, 0.6) is 0 Å². The Morgan fingerprint density at radius 2 is 1.82 bits per heavy atom. The van der Waals surface area contributed by atoms with Gasteiger partial charge in [0.05, 0.1) is 16.9 Å². The molecule has 28 heavy (non-hydrogen) atoms. The summed E-state index contributed by atoms with van der Waals surface area (Å²) in [5.74, 6) is -1.53. The van der Waals surface area contributed by atoms with Crippen molar-refractivity contribution in [3.63, 3.8) is 0 Å². The van der Waals surface area contributed by atoms with Gasteiger partial charge in [0.1, 0.15) is 11.6 Å². The summed E-state index contributed by atoms with van der Waals surface area (Å²) in [5.41, 5.74) is -1.12. The average molecular weight is 392 g/mol. The number of hydrogen-bond donors (Lipinski definition) is 1. The second kappa shape index (κ2) is 7.22. The van der Waals surface area contributed by atoms with Gasteiger partial charge < -0.3 is 5.32 Å². The number of alkyl halides is 3. The van der Waals surface area contributed by atoms with Crippen molar-refractivity contribution < 1.29 is 27.2 Å². The molecule has 0 fully saturated rings. The van der Waals surface area contributed by atoms with Crippen LogP contribution in [0, 0.1) is 12.7 Å². The van der Waals surface area contributed by atoms with Crippen LogP contribution in [0.25, 0.3) is 5.69 Å². The Hall–Kier alpha value is -3.56. The first-order chi connectivity index (χ1) is 13.2. The maximum absolute atomic E-state index is 13.0. The number of nitrogens with zero attached hydrogens (tertiary/aromatic N) is 3. The molecule has 144 valence electrons. The fourth-order valence-corrected chi connectivity index (χ4v) is 2.45. The number of hydrogen-bond acceptors (Lipinski definition) is 4. The van der Waals surface area contributed by atoms with E-state index in [1.807, 2.05) is 0 Å². The number of nitrogens with one attached hydrogen (secondary N) is 1. The van der Waals surface area contributed by atoms with Gasteiger partial charge in [-0.1, -0.05) is 0 Å². The molecule has 0 aliphatic heterocycles. The van der Waals surface area contributed by atoms with Crippen LogP contribution >= 0.6 is 0 Å². The quantitative estimate of drug-likeness (QED) is 0.541. The van der Waals surface area contributed by atoms with Crippen LogP contribution in [-0.4, -0.2) is 27.0 Å². The molecule has 0 saturated carbocycles. The monoisotopic (exact) mass is 392 g/mol. The lowest BCUT2D eigenvalue weighted by Crippen LogP contribution is -2.17. The maximum Gasteiger partial charge on any atom is 0.434 e. The molecule has 2 heterocycles. The van der Waals surface area contributed by atoms with Crippen molar-refractivity contribution in [3.8, 4) is 5.69 Å². The predicted molar refractivity (Wildman–Crippen MR) is 90.8 cm³/mol. The molecule has 0 aliphatic rings. The van der Waals surface area contributed by atoms with Gasteiger partial charge >= 0.3 is 6.18 Å². The van der Waals surface area contributed by atoms with Gasteiger partial charge in [-0.15, -0.1) is 0 Å². The van der Waals surface area contributed by atoms with E-state index in [2.05, 4.69) is 15.4 Å². The van der Waals surface area contributed by atoms with E-state index in [9.17, 15) is 27.2 Å². The van der Waals surface area contributed by atoms with Crippen molar-refractivity contribution in [1.29, 1.82) is 0 Å². The molecule has 3 aromatic rings. The normalized spacial score (nSPS) is 11.3. The first-order valence-corrected chi connectivity index (χ1v) is 7.86. The molecule has 1 aromatic carbocycles. The summed E-state index contributed by atoms with van der Waals surface area (Å²) in [6.07, 6.45) is -3.44. The van der Waals surface area contributed by atoms with E-state index in [-0.39, 0.29) is 17.7 Å². The molecule has 0 radical (unpaired) electrons. The summed E-state index contributed by atoms with van der Waals surface area (Å²) in [7, 11) is 0. The molecule has 0 unspecified atom stereocenters. The maximum atomic E-state index is 13.0. The summed E-state index contributed by atoms with van der Waals surface area (Å²) >= 11 is 0. The van der Waals surface area contributed by atoms with Crippen LogP contribution in [0.4, 0.5) is 23.4 Å². The van der Waals surface area contributed by atoms with Crippen LogP contribution in [0.2, 0.25) is 0 Å². The Kier molecular flexibility index (Phi) is 4.95. The number of benzene rings is 1. The third-order valence-corrected chi connectivity index (χ3v) is 3.80. The van der Waals surface area contributed by atoms with Gasteiger partial charge in [-0.2, -0.15) is 18.3 Å². The Bertz CT molecular complexity index is 1040. The third kappa shape index (κ3) is 3.90. The summed E-state index contributed by atoms with van der Waals surface area (Å²) in [5, 5.41) is 6.40. The highest BCUT2D eigenvalue weighted by Gasteiger charge is 2.35. The SMILES string of the molecule is Cc1nn(-c2ccc(F)cc2)cc1C(=O)Nc1ccc(C=O)c(C(F)(F)F)n1. The number of anilines is 1. The zero-order valence-electron chi connectivity index (χ0n) is 14.3. The number of rotatable bonds is 4. The molecular weight excluding hydrogens is 380 g/mol. The minimum atomic E-state index is -4.85. The molecule has 10 heteroatoms. The summed E-state index contributed by atoms with van der Waals surface area (Å²) in [6, 6.07) is 7.38. The third-order valence-electron chi connectivity index (χ3n) is 3.80. The van der Waals surface area contributed by atoms with Crippen molar-refractivity contribution in [2.24, 2.45) is 0 Å². The second-order valence-corrected chi connectivity index (χ2v) is 5.75. The van der Waals surface area contributed by atoms with Crippen molar-refractivity contribution >= 4 is 18.0 Å². The molecule has 1 amide bonds. The molecule has 0 atom stereocenters. The molecule has 2 aromatic heterocycles. The smallest absolute Gasteiger partial charge is 0.306 e. The number of aromatic nitrogens is 3. The van der Waals surface area contributed by atoms with E-state index >= 15 is 0 Å². The van der Waals surface area contributed by atoms with E-state index in [0.29, 0.717) is 11.4 Å². The first kappa shape index (κ1) is 19.2. The van der Waals surface area contributed by atoms with Crippen LogP contribution in [-0.2, 0) is 6.18 Å².